The largest absolute Gasteiger partial charge is 0.352 e. The maximum absolute atomic E-state index is 13.2. The van der Waals surface area contributed by atoms with E-state index in [0.717, 1.165) is 0 Å². The van der Waals surface area contributed by atoms with Gasteiger partial charge in [0.1, 0.15) is 5.82 Å². The van der Waals surface area contributed by atoms with Gasteiger partial charge in [-0.2, -0.15) is 4.31 Å². The van der Waals surface area contributed by atoms with Crippen molar-refractivity contribution >= 4 is 39.1 Å². The summed E-state index contributed by atoms with van der Waals surface area (Å²) in [6.45, 7) is 0.686. The summed E-state index contributed by atoms with van der Waals surface area (Å²) in [5.41, 5.74) is 0.672. The number of hydrogen-bond donors (Lipinski definition) is 1. The normalized spacial score (nSPS) is 16.1. The Hall–Kier alpha value is -1.67. The summed E-state index contributed by atoms with van der Waals surface area (Å²) >= 11 is 11.8. The molecule has 3 rings (SSSR count). The summed E-state index contributed by atoms with van der Waals surface area (Å²) < 4.78 is 40.1. The van der Waals surface area contributed by atoms with Crippen molar-refractivity contribution in [2.75, 3.05) is 13.1 Å². The number of nitrogens with zero attached hydrogens (tertiary/aromatic N) is 1. The molecular formula is C19H19Cl2FN2O3S. The SMILES string of the molecule is O=C(NCc1cccc(F)c1)C1CCN(S(=O)(=O)c2cc(Cl)cc(Cl)c2)CC1. The van der Waals surface area contributed by atoms with Gasteiger partial charge < -0.3 is 5.32 Å². The Morgan fingerprint density at radius 2 is 1.75 bits per heavy atom. The summed E-state index contributed by atoms with van der Waals surface area (Å²) in [6, 6.07) is 10.2. The van der Waals surface area contributed by atoms with Gasteiger partial charge in [0.05, 0.1) is 4.90 Å². The highest BCUT2D eigenvalue weighted by Crippen LogP contribution is 2.28. The first-order valence-corrected chi connectivity index (χ1v) is 10.9. The fraction of sp³-hybridized carbons (Fsp3) is 0.316. The highest BCUT2D eigenvalue weighted by Gasteiger charge is 2.32. The van der Waals surface area contributed by atoms with Crippen LogP contribution in [-0.4, -0.2) is 31.7 Å². The topological polar surface area (TPSA) is 66.5 Å². The van der Waals surface area contributed by atoms with Crippen molar-refractivity contribution in [1.82, 2.24) is 9.62 Å². The quantitative estimate of drug-likeness (QED) is 0.761. The average molecular weight is 445 g/mol. The number of carbonyl (C=O) groups excluding carboxylic acids is 1. The van der Waals surface area contributed by atoms with Crippen molar-refractivity contribution in [3.05, 3.63) is 63.9 Å². The van der Waals surface area contributed by atoms with E-state index in [-0.39, 0.29) is 52.2 Å². The summed E-state index contributed by atoms with van der Waals surface area (Å²) in [6.07, 6.45) is 0.811. The molecule has 1 saturated heterocycles. The molecule has 0 aromatic heterocycles. The van der Waals surface area contributed by atoms with E-state index in [1.807, 2.05) is 0 Å². The van der Waals surface area contributed by atoms with Crippen LogP contribution in [0.4, 0.5) is 4.39 Å². The highest BCUT2D eigenvalue weighted by atomic mass is 35.5. The third-order valence-corrected chi connectivity index (χ3v) is 6.97. The third-order valence-electron chi connectivity index (χ3n) is 4.65. The van der Waals surface area contributed by atoms with Gasteiger partial charge in [0.25, 0.3) is 0 Å². The first-order valence-electron chi connectivity index (χ1n) is 8.74. The molecule has 1 heterocycles. The van der Waals surface area contributed by atoms with E-state index in [0.29, 0.717) is 18.4 Å². The minimum Gasteiger partial charge on any atom is -0.352 e. The standard InChI is InChI=1S/C19H19Cl2FN2O3S/c20-15-9-16(21)11-18(10-15)28(26,27)24-6-4-14(5-7-24)19(25)23-12-13-2-1-3-17(22)8-13/h1-3,8-11,14H,4-7,12H2,(H,23,25). The first-order chi connectivity index (χ1) is 13.3. The maximum Gasteiger partial charge on any atom is 0.243 e. The van der Waals surface area contributed by atoms with Gasteiger partial charge in [0, 0.05) is 35.6 Å². The number of halogens is 3. The fourth-order valence-electron chi connectivity index (χ4n) is 3.17. The average Bonchev–Trinajstić information content (AvgIpc) is 2.65. The number of nitrogens with one attached hydrogen (secondary N) is 1. The van der Waals surface area contributed by atoms with E-state index in [1.54, 1.807) is 12.1 Å². The second-order valence-electron chi connectivity index (χ2n) is 6.63. The third kappa shape index (κ3) is 5.03. The molecule has 0 aliphatic carbocycles. The molecule has 0 radical (unpaired) electrons. The molecule has 2 aromatic rings. The molecule has 1 amide bonds. The Balaban J connectivity index is 1.58. The van der Waals surface area contributed by atoms with Gasteiger partial charge in [0.2, 0.25) is 15.9 Å². The molecule has 1 aliphatic heterocycles. The number of hydrogen-bond acceptors (Lipinski definition) is 3. The van der Waals surface area contributed by atoms with Gasteiger partial charge in [-0.3, -0.25) is 4.79 Å². The van der Waals surface area contributed by atoms with Gasteiger partial charge >= 0.3 is 0 Å². The minimum absolute atomic E-state index is 0.0407. The molecule has 0 saturated carbocycles. The molecule has 5 nitrogen and oxygen atoms in total. The van der Waals surface area contributed by atoms with E-state index in [9.17, 15) is 17.6 Å². The molecule has 150 valence electrons. The molecule has 1 fully saturated rings. The van der Waals surface area contributed by atoms with Crippen LogP contribution in [-0.2, 0) is 21.4 Å². The zero-order chi connectivity index (χ0) is 20.3. The Morgan fingerprint density at radius 1 is 1.11 bits per heavy atom. The Bertz CT molecular complexity index is 957. The van der Waals surface area contributed by atoms with Gasteiger partial charge in [-0.05, 0) is 48.7 Å². The van der Waals surface area contributed by atoms with Crippen LogP contribution in [0.3, 0.4) is 0 Å². The van der Waals surface area contributed by atoms with Gasteiger partial charge in [-0.15, -0.1) is 0 Å². The predicted octanol–water partition coefficient (Wildman–Crippen LogP) is 3.85. The van der Waals surface area contributed by atoms with Crippen LogP contribution >= 0.6 is 23.2 Å². The van der Waals surface area contributed by atoms with Crippen LogP contribution < -0.4 is 5.32 Å². The van der Waals surface area contributed by atoms with Crippen LogP contribution in [0, 0.1) is 11.7 Å². The molecule has 0 bridgehead atoms. The second kappa shape index (κ2) is 8.78. The van der Waals surface area contributed by atoms with Gasteiger partial charge in [-0.1, -0.05) is 35.3 Å². The molecule has 1 N–H and O–H groups in total. The van der Waals surface area contributed by atoms with Crippen molar-refractivity contribution in [3.8, 4) is 0 Å². The monoisotopic (exact) mass is 444 g/mol. The van der Waals surface area contributed by atoms with E-state index in [1.165, 1.54) is 34.6 Å². The Kier molecular flexibility index (Phi) is 6.60. The lowest BCUT2D eigenvalue weighted by Crippen LogP contribution is -2.42. The van der Waals surface area contributed by atoms with Gasteiger partial charge in [-0.25, -0.2) is 12.8 Å². The zero-order valence-electron chi connectivity index (χ0n) is 14.9. The Morgan fingerprint density at radius 3 is 2.36 bits per heavy atom. The van der Waals surface area contributed by atoms with E-state index >= 15 is 0 Å². The molecule has 0 atom stereocenters. The van der Waals surface area contributed by atoms with Gasteiger partial charge in [0.15, 0.2) is 0 Å². The minimum atomic E-state index is -3.73. The first kappa shape index (κ1) is 21.0. The number of rotatable bonds is 5. The van der Waals surface area contributed by atoms with Crippen LogP contribution in [0.25, 0.3) is 0 Å². The van der Waals surface area contributed by atoms with Crippen molar-refractivity contribution in [3.63, 3.8) is 0 Å². The predicted molar refractivity (Wildman–Crippen MR) is 106 cm³/mol. The van der Waals surface area contributed by atoms with E-state index in [4.69, 9.17) is 23.2 Å². The zero-order valence-corrected chi connectivity index (χ0v) is 17.2. The van der Waals surface area contributed by atoms with Crippen LogP contribution in [0.15, 0.2) is 47.4 Å². The van der Waals surface area contributed by atoms with Crippen LogP contribution in [0.2, 0.25) is 10.0 Å². The second-order valence-corrected chi connectivity index (χ2v) is 9.44. The molecule has 9 heteroatoms. The molecule has 0 unspecified atom stereocenters. The summed E-state index contributed by atoms with van der Waals surface area (Å²) in [5, 5.41) is 3.28. The lowest BCUT2D eigenvalue weighted by molar-refractivity contribution is -0.126. The smallest absolute Gasteiger partial charge is 0.243 e. The summed E-state index contributed by atoms with van der Waals surface area (Å²) in [7, 11) is -3.73. The van der Waals surface area contributed by atoms with Crippen LogP contribution in [0.5, 0.6) is 0 Å². The number of piperidine rings is 1. The highest BCUT2D eigenvalue weighted by molar-refractivity contribution is 7.89. The molecule has 0 spiro atoms. The van der Waals surface area contributed by atoms with Crippen molar-refractivity contribution in [2.45, 2.75) is 24.3 Å². The molecular weight excluding hydrogens is 426 g/mol. The van der Waals surface area contributed by atoms with Crippen molar-refractivity contribution < 1.29 is 17.6 Å². The van der Waals surface area contributed by atoms with Crippen LogP contribution in [0.1, 0.15) is 18.4 Å². The Labute approximate surface area is 173 Å². The van der Waals surface area contributed by atoms with Crippen molar-refractivity contribution in [2.24, 2.45) is 5.92 Å². The molecule has 1 aliphatic rings. The fourth-order valence-corrected chi connectivity index (χ4v) is 5.36. The number of benzene rings is 2. The molecule has 2 aromatic carbocycles. The van der Waals surface area contributed by atoms with E-state index < -0.39 is 10.0 Å². The van der Waals surface area contributed by atoms with Crippen molar-refractivity contribution in [1.29, 1.82) is 0 Å². The maximum atomic E-state index is 13.2. The lowest BCUT2D eigenvalue weighted by Gasteiger charge is -2.30. The number of carbonyl (C=O) groups is 1. The summed E-state index contributed by atoms with van der Waals surface area (Å²) in [5.74, 6) is -0.804. The molecule has 28 heavy (non-hydrogen) atoms. The summed E-state index contributed by atoms with van der Waals surface area (Å²) in [4.78, 5) is 12.4. The lowest BCUT2D eigenvalue weighted by atomic mass is 9.97. The number of sulfonamides is 1. The number of amides is 1. The van der Waals surface area contributed by atoms with E-state index in [2.05, 4.69) is 5.32 Å².